The van der Waals surface area contributed by atoms with Crippen LogP contribution < -0.4 is 10.5 Å². The molecule has 0 aromatic carbocycles. The third kappa shape index (κ3) is 4.09. The van der Waals surface area contributed by atoms with Crippen molar-refractivity contribution in [1.82, 2.24) is 39.4 Å². The molecule has 10 nitrogen and oxygen atoms in total. The van der Waals surface area contributed by atoms with Gasteiger partial charge in [0.15, 0.2) is 11.5 Å². The molecule has 0 aliphatic carbocycles. The number of piperazine rings is 1. The highest BCUT2D eigenvalue weighted by molar-refractivity contribution is 5.71. The van der Waals surface area contributed by atoms with Crippen molar-refractivity contribution in [2.75, 3.05) is 37.6 Å². The zero-order chi connectivity index (χ0) is 22.1. The van der Waals surface area contributed by atoms with E-state index < -0.39 is 0 Å². The van der Waals surface area contributed by atoms with Gasteiger partial charge in [-0.1, -0.05) is 0 Å². The lowest BCUT2D eigenvalue weighted by atomic mass is 10.3. The Kier molecular flexibility index (Phi) is 5.36. The number of rotatable bonds is 5. The average molecular weight is 432 g/mol. The van der Waals surface area contributed by atoms with Crippen LogP contribution in [-0.2, 0) is 6.54 Å². The van der Waals surface area contributed by atoms with Crippen LogP contribution in [0.2, 0.25) is 0 Å². The van der Waals surface area contributed by atoms with Crippen LogP contribution in [0, 0.1) is 13.8 Å². The van der Waals surface area contributed by atoms with Gasteiger partial charge >= 0.3 is 0 Å². The van der Waals surface area contributed by atoms with E-state index in [4.69, 9.17) is 0 Å². The third-order valence-electron chi connectivity index (χ3n) is 5.72. The van der Waals surface area contributed by atoms with Gasteiger partial charge < -0.3 is 4.90 Å². The summed E-state index contributed by atoms with van der Waals surface area (Å²) in [4.78, 5) is 30.2. The van der Waals surface area contributed by atoms with Crippen LogP contribution in [0.4, 0.5) is 5.82 Å². The number of anilines is 1. The van der Waals surface area contributed by atoms with Crippen molar-refractivity contribution in [3.05, 3.63) is 64.5 Å². The lowest BCUT2D eigenvalue weighted by molar-refractivity contribution is 0.242. The first kappa shape index (κ1) is 20.3. The van der Waals surface area contributed by atoms with Crippen molar-refractivity contribution in [2.24, 2.45) is 0 Å². The summed E-state index contributed by atoms with van der Waals surface area (Å²) in [5, 5.41) is 9.00. The summed E-state index contributed by atoms with van der Waals surface area (Å²) in [5.74, 6) is 1.58. The van der Waals surface area contributed by atoms with E-state index in [0.29, 0.717) is 18.0 Å². The predicted octanol–water partition coefficient (Wildman–Crippen LogP) is 1.21. The second-order valence-corrected chi connectivity index (χ2v) is 7.99. The van der Waals surface area contributed by atoms with Gasteiger partial charge in [0.25, 0.3) is 5.56 Å². The summed E-state index contributed by atoms with van der Waals surface area (Å²) in [5.41, 5.74) is 3.28. The molecule has 0 unspecified atom stereocenters. The van der Waals surface area contributed by atoms with E-state index in [1.54, 1.807) is 29.2 Å². The summed E-state index contributed by atoms with van der Waals surface area (Å²) in [6, 6.07) is 9.24. The molecule has 32 heavy (non-hydrogen) atoms. The highest BCUT2D eigenvalue weighted by Crippen LogP contribution is 2.17. The van der Waals surface area contributed by atoms with Crippen LogP contribution in [0.15, 0.2) is 47.5 Å². The summed E-state index contributed by atoms with van der Waals surface area (Å²) in [7, 11) is 0. The fourth-order valence-corrected chi connectivity index (χ4v) is 4.03. The Hall–Kier alpha value is -3.66. The number of pyridine rings is 1. The molecule has 5 rings (SSSR count). The molecule has 0 atom stereocenters. The maximum Gasteiger partial charge on any atom is 0.266 e. The zero-order valence-electron chi connectivity index (χ0n) is 18.2. The monoisotopic (exact) mass is 431 g/mol. The summed E-state index contributed by atoms with van der Waals surface area (Å²) in [6.07, 6.45) is 3.34. The van der Waals surface area contributed by atoms with Crippen molar-refractivity contribution < 1.29 is 0 Å². The fraction of sp³-hybridized carbons (Fsp3) is 0.364. The highest BCUT2D eigenvalue weighted by atomic mass is 16.1. The number of nitrogens with zero attached hydrogens (tertiary/aromatic N) is 9. The normalized spacial score (nSPS) is 14.9. The zero-order valence-corrected chi connectivity index (χ0v) is 18.2. The van der Waals surface area contributed by atoms with E-state index >= 15 is 0 Å². The Morgan fingerprint density at radius 3 is 2.44 bits per heavy atom. The van der Waals surface area contributed by atoms with Gasteiger partial charge in [-0.3, -0.25) is 14.7 Å². The SMILES string of the molecule is Cc1cc(C)n(-c2ccc(=O)n(CCN3CCN(c4ccc5nccnc5n4)CC3)n2)n1. The van der Waals surface area contributed by atoms with E-state index in [1.807, 2.05) is 32.0 Å². The number of aryl methyl sites for hydroxylation is 2. The van der Waals surface area contributed by atoms with Crippen LogP contribution in [0.5, 0.6) is 0 Å². The van der Waals surface area contributed by atoms with Gasteiger partial charge in [-0.2, -0.15) is 5.10 Å². The van der Waals surface area contributed by atoms with E-state index in [1.165, 1.54) is 4.68 Å². The molecule has 1 fully saturated rings. The number of aromatic nitrogens is 7. The van der Waals surface area contributed by atoms with E-state index in [9.17, 15) is 4.79 Å². The minimum absolute atomic E-state index is 0.101. The second kappa shape index (κ2) is 8.46. The van der Waals surface area contributed by atoms with Gasteiger partial charge in [-0.15, -0.1) is 5.10 Å². The van der Waals surface area contributed by atoms with Crippen LogP contribution in [-0.4, -0.2) is 72.1 Å². The van der Waals surface area contributed by atoms with Gasteiger partial charge in [-0.25, -0.2) is 19.3 Å². The van der Waals surface area contributed by atoms with Crippen molar-refractivity contribution >= 4 is 17.0 Å². The molecule has 0 N–H and O–H groups in total. The maximum atomic E-state index is 12.3. The second-order valence-electron chi connectivity index (χ2n) is 7.99. The van der Waals surface area contributed by atoms with Crippen LogP contribution in [0.25, 0.3) is 17.0 Å². The van der Waals surface area contributed by atoms with E-state index in [2.05, 4.69) is 34.9 Å². The molecule has 0 radical (unpaired) electrons. The molecule has 1 saturated heterocycles. The standard InChI is InChI=1S/C22H25N9O/c1-16-15-17(2)31(26-16)20-5-6-21(32)30(27-20)14-11-28-9-12-29(13-10-28)19-4-3-18-22(25-19)24-8-7-23-18/h3-8,15H,9-14H2,1-2H3. The lowest BCUT2D eigenvalue weighted by Crippen LogP contribution is -2.48. The Balaban J connectivity index is 1.22. The summed E-state index contributed by atoms with van der Waals surface area (Å²) >= 11 is 0. The Morgan fingerprint density at radius 1 is 0.875 bits per heavy atom. The average Bonchev–Trinajstić information content (AvgIpc) is 3.16. The molecule has 0 amide bonds. The summed E-state index contributed by atoms with van der Waals surface area (Å²) in [6.45, 7) is 8.75. The van der Waals surface area contributed by atoms with E-state index in [-0.39, 0.29) is 5.56 Å². The Bertz CT molecular complexity index is 1300. The first-order chi connectivity index (χ1) is 15.6. The molecule has 4 aromatic rings. The molecular weight excluding hydrogens is 406 g/mol. The highest BCUT2D eigenvalue weighted by Gasteiger charge is 2.19. The van der Waals surface area contributed by atoms with E-state index in [0.717, 1.165) is 55.4 Å². The number of hydrogen-bond donors (Lipinski definition) is 0. The van der Waals surface area contributed by atoms with Gasteiger partial charge in [0.2, 0.25) is 0 Å². The molecule has 1 aliphatic rings. The minimum atomic E-state index is -0.101. The topological polar surface area (TPSA) is 97.9 Å². The van der Waals surface area contributed by atoms with Gasteiger partial charge in [0.1, 0.15) is 11.3 Å². The molecule has 0 bridgehead atoms. The van der Waals surface area contributed by atoms with Gasteiger partial charge in [0.05, 0.1) is 12.2 Å². The molecule has 10 heteroatoms. The van der Waals surface area contributed by atoms with Crippen LogP contribution in [0.3, 0.4) is 0 Å². The van der Waals surface area contributed by atoms with Crippen LogP contribution in [0.1, 0.15) is 11.4 Å². The Labute approximate surface area is 185 Å². The van der Waals surface area contributed by atoms with Crippen LogP contribution >= 0.6 is 0 Å². The fourth-order valence-electron chi connectivity index (χ4n) is 4.03. The van der Waals surface area contributed by atoms with Crippen molar-refractivity contribution in [1.29, 1.82) is 0 Å². The predicted molar refractivity (Wildman–Crippen MR) is 121 cm³/mol. The minimum Gasteiger partial charge on any atom is -0.354 e. The molecule has 0 spiro atoms. The summed E-state index contributed by atoms with van der Waals surface area (Å²) < 4.78 is 3.30. The smallest absolute Gasteiger partial charge is 0.266 e. The van der Waals surface area contributed by atoms with Crippen molar-refractivity contribution in [2.45, 2.75) is 20.4 Å². The molecule has 0 saturated carbocycles. The molecule has 5 heterocycles. The third-order valence-corrected chi connectivity index (χ3v) is 5.72. The first-order valence-electron chi connectivity index (χ1n) is 10.7. The van der Waals surface area contributed by atoms with Gasteiger partial charge in [-0.05, 0) is 38.1 Å². The number of fused-ring (bicyclic) bond motifs is 1. The lowest BCUT2D eigenvalue weighted by Gasteiger charge is -2.35. The van der Waals surface area contributed by atoms with Crippen molar-refractivity contribution in [3.63, 3.8) is 0 Å². The quantitative estimate of drug-likeness (QED) is 0.465. The first-order valence-corrected chi connectivity index (χ1v) is 10.7. The van der Waals surface area contributed by atoms with Gasteiger partial charge in [0, 0.05) is 56.9 Å². The van der Waals surface area contributed by atoms with Crippen molar-refractivity contribution in [3.8, 4) is 5.82 Å². The molecule has 1 aliphatic heterocycles. The maximum absolute atomic E-state index is 12.3. The Morgan fingerprint density at radius 2 is 1.66 bits per heavy atom. The molecular formula is C22H25N9O. The number of hydrogen-bond acceptors (Lipinski definition) is 8. The largest absolute Gasteiger partial charge is 0.354 e. The molecule has 4 aromatic heterocycles. The molecule has 164 valence electrons.